The molecule has 25 heteroatoms. The fourth-order valence-electron chi connectivity index (χ4n) is 5.47. The highest BCUT2D eigenvalue weighted by molar-refractivity contribution is 7.47. The topological polar surface area (TPSA) is 320 Å². The molecule has 3 aliphatic rings. The first-order chi connectivity index (χ1) is 21.3. The van der Waals surface area contributed by atoms with E-state index >= 15 is 0 Å². The number of ether oxygens (including phenoxy) is 2. The van der Waals surface area contributed by atoms with Crippen LogP contribution in [0.1, 0.15) is 12.5 Å². The Bertz CT molecular complexity index is 1940. The van der Waals surface area contributed by atoms with Crippen LogP contribution in [-0.4, -0.2) is 107 Å². The molecule has 6 heterocycles. The number of hydrogen-bond acceptors (Lipinski definition) is 17. The van der Waals surface area contributed by atoms with Gasteiger partial charge < -0.3 is 45.5 Å². The van der Waals surface area contributed by atoms with Gasteiger partial charge >= 0.3 is 16.1 Å². The normalized spacial score (nSPS) is 34.7. The van der Waals surface area contributed by atoms with Crippen molar-refractivity contribution in [2.24, 2.45) is 0 Å². The molecule has 0 spiro atoms. The van der Waals surface area contributed by atoms with Crippen molar-refractivity contribution in [3.05, 3.63) is 29.3 Å². The number of H-pyrrole nitrogens is 1. The van der Waals surface area contributed by atoms with Crippen molar-refractivity contribution in [2.45, 2.75) is 54.0 Å². The van der Waals surface area contributed by atoms with Crippen LogP contribution in [0.15, 0.2) is 23.8 Å². The molecular weight excluding hydrogens is 670 g/mol. The molecule has 3 unspecified atom stereocenters. The number of rotatable bonds is 9. The van der Waals surface area contributed by atoms with E-state index < -0.39 is 82.2 Å². The van der Waals surface area contributed by atoms with Crippen LogP contribution in [0, 0.1) is 0 Å². The maximum Gasteiger partial charge on any atom is 0.473 e. The molecule has 45 heavy (non-hydrogen) atoms. The van der Waals surface area contributed by atoms with Gasteiger partial charge in [0.25, 0.3) is 5.56 Å². The van der Waals surface area contributed by atoms with Gasteiger partial charge in [-0.25, -0.2) is 24.5 Å². The minimum atomic E-state index is -5.19. The number of anilines is 2. The van der Waals surface area contributed by atoms with Gasteiger partial charge in [0.2, 0.25) is 5.95 Å². The zero-order chi connectivity index (χ0) is 32.0. The summed E-state index contributed by atoms with van der Waals surface area (Å²) >= 11 is 6.55. The number of nitrogens with two attached hydrogens (primary N) is 2. The van der Waals surface area contributed by atoms with Crippen LogP contribution >= 0.6 is 27.7 Å². The predicted molar refractivity (Wildman–Crippen MR) is 147 cm³/mol. The standard InChI is InChI=1S/C20H23ClN10O12P2/c21-10-18(30-3-26-6-13(22)24-2-25-14(6)30)41-11-12(20(10,11)34)43-45(37,38)42-9-8(32)5(1-39-44(35)36)40-17(9)31-4-27-7-15(31)28-19(23)29-16(7)33/h2-5,8-12,17-18,32,34,44H,1H2,(H,35,36)(H,37,38)(H2,22,24,25)(H3,23,28,29,33)/t5-,8-,9-,10-,11-,12?,17-,18-,20+/m1/s1. The number of aromatic amines is 1. The van der Waals surface area contributed by atoms with Crippen molar-refractivity contribution >= 4 is 61.8 Å². The number of nitrogen functional groups attached to an aromatic ring is 2. The Morgan fingerprint density at radius 2 is 1.82 bits per heavy atom. The number of nitrogens with one attached hydrogen (secondary N) is 1. The SMILES string of the molecule is Nc1nc2c(ncn2[C@@H]2O[C@H](CO[PH](=O)O)[C@@H](O)[C@H]2OP(=O)(O)OC2[C@H]3O[C@@H](n4cnc5c(N)ncnc54)[C@@H](Cl)[C@@]23O)c(=O)[nH]1. The van der Waals surface area contributed by atoms with Crippen molar-refractivity contribution in [1.29, 1.82) is 0 Å². The largest absolute Gasteiger partial charge is 0.473 e. The number of imidazole rings is 2. The van der Waals surface area contributed by atoms with Crippen LogP contribution in [0.5, 0.6) is 0 Å². The van der Waals surface area contributed by atoms with Gasteiger partial charge in [0.1, 0.15) is 53.3 Å². The van der Waals surface area contributed by atoms with Crippen LogP contribution < -0.4 is 17.0 Å². The molecule has 11 atom stereocenters. The first-order valence-electron chi connectivity index (χ1n) is 12.9. The van der Waals surface area contributed by atoms with Crippen molar-refractivity contribution in [3.63, 3.8) is 0 Å². The first-order valence-corrected chi connectivity index (χ1v) is 16.1. The van der Waals surface area contributed by atoms with E-state index in [1.807, 2.05) is 0 Å². The van der Waals surface area contributed by atoms with Crippen LogP contribution in [-0.2, 0) is 32.2 Å². The van der Waals surface area contributed by atoms with E-state index in [4.69, 9.17) is 46.5 Å². The minimum absolute atomic E-state index is 0.108. The lowest BCUT2D eigenvalue weighted by Gasteiger charge is -2.26. The lowest BCUT2D eigenvalue weighted by molar-refractivity contribution is -0.0517. The summed E-state index contributed by atoms with van der Waals surface area (Å²) in [6.07, 6.45) is -6.42. The molecule has 0 amide bonds. The third kappa shape index (κ3) is 4.94. The van der Waals surface area contributed by atoms with E-state index in [0.29, 0.717) is 0 Å². The predicted octanol–water partition coefficient (Wildman–Crippen LogP) is -2.10. The number of fused-ring (bicyclic) bond motifs is 3. The molecule has 0 aromatic carbocycles. The number of aliphatic hydroxyl groups is 2. The molecular formula is C20H23ClN10O12P2. The number of phosphoric ester groups is 1. The summed E-state index contributed by atoms with van der Waals surface area (Å²) in [6, 6.07) is 0. The maximum atomic E-state index is 13.3. The summed E-state index contributed by atoms with van der Waals surface area (Å²) in [5.41, 5.74) is 9.04. The summed E-state index contributed by atoms with van der Waals surface area (Å²) in [7, 11) is -8.64. The molecule has 7 rings (SSSR count). The van der Waals surface area contributed by atoms with Crippen molar-refractivity contribution in [3.8, 4) is 0 Å². The maximum absolute atomic E-state index is 13.3. The Morgan fingerprint density at radius 3 is 2.51 bits per heavy atom. The van der Waals surface area contributed by atoms with Gasteiger partial charge in [-0.2, -0.15) is 4.98 Å². The Kier molecular flexibility index (Phi) is 7.28. The van der Waals surface area contributed by atoms with Crippen LogP contribution in [0.25, 0.3) is 22.3 Å². The number of halogens is 1. The number of aliphatic hydroxyl groups excluding tert-OH is 1. The lowest BCUT2D eigenvalue weighted by atomic mass is 10.1. The van der Waals surface area contributed by atoms with Crippen LogP contribution in [0.3, 0.4) is 0 Å². The zero-order valence-corrected chi connectivity index (χ0v) is 24.9. The van der Waals surface area contributed by atoms with Crippen molar-refractivity contribution in [1.82, 2.24) is 39.0 Å². The highest BCUT2D eigenvalue weighted by Gasteiger charge is 2.79. The van der Waals surface area contributed by atoms with E-state index in [1.54, 1.807) is 0 Å². The van der Waals surface area contributed by atoms with Crippen molar-refractivity contribution < 1.29 is 52.2 Å². The number of phosphoric acid groups is 1. The fraction of sp³-hybridized carbons (Fsp3) is 0.500. The summed E-state index contributed by atoms with van der Waals surface area (Å²) in [4.78, 5) is 54.4. The Labute approximate surface area is 254 Å². The Hall–Kier alpha value is -3.11. The van der Waals surface area contributed by atoms with E-state index in [1.165, 1.54) is 17.2 Å². The van der Waals surface area contributed by atoms with E-state index in [2.05, 4.69) is 34.4 Å². The molecule has 9 N–H and O–H groups in total. The summed E-state index contributed by atoms with van der Waals surface area (Å²) in [5, 5.41) is 21.0. The molecule has 3 fully saturated rings. The second-order valence-corrected chi connectivity index (χ2v) is 12.9. The quantitative estimate of drug-likeness (QED) is 0.0729. The van der Waals surface area contributed by atoms with Crippen LogP contribution in [0.4, 0.5) is 11.8 Å². The number of alkyl halides is 1. The van der Waals surface area contributed by atoms with Gasteiger partial charge in [0.05, 0.1) is 19.3 Å². The molecule has 22 nitrogen and oxygen atoms in total. The molecule has 1 aliphatic carbocycles. The zero-order valence-electron chi connectivity index (χ0n) is 22.2. The van der Waals surface area contributed by atoms with Crippen LogP contribution in [0.2, 0.25) is 0 Å². The summed E-state index contributed by atoms with van der Waals surface area (Å²) in [6.45, 7) is -0.627. The highest BCUT2D eigenvalue weighted by atomic mass is 35.5. The second-order valence-electron chi connectivity index (χ2n) is 10.3. The summed E-state index contributed by atoms with van der Waals surface area (Å²) in [5.74, 6) is -0.181. The number of nitrogens with zero attached hydrogens (tertiary/aromatic N) is 7. The molecule has 2 saturated heterocycles. The highest BCUT2D eigenvalue weighted by Crippen LogP contribution is 2.63. The molecule has 0 radical (unpaired) electrons. The van der Waals surface area contributed by atoms with Gasteiger partial charge in [-0.3, -0.25) is 32.5 Å². The number of aromatic nitrogens is 8. The van der Waals surface area contributed by atoms with E-state index in [-0.39, 0.29) is 34.1 Å². The van der Waals surface area contributed by atoms with Gasteiger partial charge in [-0.15, -0.1) is 11.6 Å². The van der Waals surface area contributed by atoms with E-state index in [9.17, 15) is 29.0 Å². The lowest BCUT2D eigenvalue weighted by Crippen LogP contribution is -2.36. The average Bonchev–Trinajstić information content (AvgIpc) is 3.49. The molecule has 4 aromatic heterocycles. The molecule has 2 aliphatic heterocycles. The van der Waals surface area contributed by atoms with E-state index in [0.717, 1.165) is 10.9 Å². The third-order valence-corrected chi connectivity index (χ3v) is 9.61. The molecule has 1 saturated carbocycles. The van der Waals surface area contributed by atoms with Crippen molar-refractivity contribution in [2.75, 3.05) is 18.1 Å². The minimum Gasteiger partial charge on any atom is -0.387 e. The Balaban J connectivity index is 1.12. The molecule has 4 aromatic rings. The van der Waals surface area contributed by atoms with Gasteiger partial charge in [0, 0.05) is 0 Å². The monoisotopic (exact) mass is 692 g/mol. The third-order valence-electron chi connectivity index (χ3n) is 7.63. The summed E-state index contributed by atoms with van der Waals surface area (Å²) < 4.78 is 53.8. The molecule has 242 valence electrons. The Morgan fingerprint density at radius 1 is 1.11 bits per heavy atom. The second kappa shape index (κ2) is 10.7. The smallest absolute Gasteiger partial charge is 0.387 e. The average molecular weight is 693 g/mol. The van der Waals surface area contributed by atoms with Gasteiger partial charge in [-0.05, 0) is 0 Å². The fourth-order valence-corrected chi connectivity index (χ4v) is 7.36. The molecule has 0 bridgehead atoms. The number of hydrogen-bond donors (Lipinski definition) is 7. The van der Waals surface area contributed by atoms with Gasteiger partial charge in [-0.1, -0.05) is 0 Å². The van der Waals surface area contributed by atoms with Gasteiger partial charge in [0.15, 0.2) is 35.1 Å². The first kappa shape index (κ1) is 30.5.